The van der Waals surface area contributed by atoms with Gasteiger partial charge in [-0.1, -0.05) is 11.6 Å². The maximum atomic E-state index is 5.19. The molecule has 12 heavy (non-hydrogen) atoms. The van der Waals surface area contributed by atoms with Crippen LogP contribution in [0.5, 0.6) is 0 Å². The summed E-state index contributed by atoms with van der Waals surface area (Å²) in [6, 6.07) is 0. The van der Waals surface area contributed by atoms with Crippen molar-refractivity contribution in [1.29, 1.82) is 0 Å². The van der Waals surface area contributed by atoms with Crippen LogP contribution in [0.3, 0.4) is 0 Å². The molecule has 0 saturated heterocycles. The van der Waals surface area contributed by atoms with Crippen molar-refractivity contribution in [2.24, 2.45) is 0 Å². The molecule has 0 amide bonds. The van der Waals surface area contributed by atoms with Gasteiger partial charge in [0.25, 0.3) is 0 Å². The van der Waals surface area contributed by atoms with E-state index in [1.807, 2.05) is 0 Å². The molecular weight excluding hydrogens is 146 g/mol. The zero-order valence-corrected chi connectivity index (χ0v) is 7.84. The standard InChI is InChI=1S/C11H17N/c1-3-4-5-8-12-9-6-11(2)7-10-12/h1,6H,4-5,7-10H2,2H3. The monoisotopic (exact) mass is 163 g/mol. The Balaban J connectivity index is 2.15. The van der Waals surface area contributed by atoms with Gasteiger partial charge in [-0.15, -0.1) is 12.3 Å². The Labute approximate surface area is 75.5 Å². The van der Waals surface area contributed by atoms with E-state index in [4.69, 9.17) is 6.42 Å². The number of hydrogen-bond acceptors (Lipinski definition) is 1. The van der Waals surface area contributed by atoms with Gasteiger partial charge in [0.1, 0.15) is 0 Å². The topological polar surface area (TPSA) is 3.24 Å². The van der Waals surface area contributed by atoms with E-state index < -0.39 is 0 Å². The zero-order chi connectivity index (χ0) is 8.81. The number of terminal acetylenes is 1. The normalized spacial score (nSPS) is 18.5. The second-order valence-corrected chi connectivity index (χ2v) is 3.41. The summed E-state index contributed by atoms with van der Waals surface area (Å²) in [7, 11) is 0. The molecule has 1 rings (SSSR count). The van der Waals surface area contributed by atoms with Crippen LogP contribution >= 0.6 is 0 Å². The Morgan fingerprint density at radius 3 is 3.08 bits per heavy atom. The van der Waals surface area contributed by atoms with E-state index in [9.17, 15) is 0 Å². The molecule has 0 bridgehead atoms. The lowest BCUT2D eigenvalue weighted by atomic mass is 10.1. The van der Waals surface area contributed by atoms with Gasteiger partial charge in [-0.05, 0) is 26.3 Å². The van der Waals surface area contributed by atoms with Crippen LogP contribution in [0.2, 0.25) is 0 Å². The highest BCUT2D eigenvalue weighted by molar-refractivity contribution is 5.03. The van der Waals surface area contributed by atoms with Crippen LogP contribution < -0.4 is 0 Å². The van der Waals surface area contributed by atoms with Crippen molar-refractivity contribution >= 4 is 0 Å². The van der Waals surface area contributed by atoms with Gasteiger partial charge in [0, 0.05) is 19.5 Å². The lowest BCUT2D eigenvalue weighted by molar-refractivity contribution is 0.292. The van der Waals surface area contributed by atoms with Gasteiger partial charge in [-0.3, -0.25) is 4.90 Å². The molecule has 66 valence electrons. The first-order valence-corrected chi connectivity index (χ1v) is 4.64. The van der Waals surface area contributed by atoms with E-state index in [2.05, 4.69) is 23.8 Å². The molecule has 0 unspecified atom stereocenters. The van der Waals surface area contributed by atoms with Crippen molar-refractivity contribution < 1.29 is 0 Å². The molecule has 0 N–H and O–H groups in total. The fourth-order valence-electron chi connectivity index (χ4n) is 1.42. The van der Waals surface area contributed by atoms with E-state index in [0.717, 1.165) is 25.9 Å². The average Bonchev–Trinajstić information content (AvgIpc) is 2.09. The molecule has 0 saturated carbocycles. The summed E-state index contributed by atoms with van der Waals surface area (Å²) in [5.41, 5.74) is 1.53. The Bertz CT molecular complexity index is 198. The molecule has 1 heteroatoms. The molecule has 0 spiro atoms. The van der Waals surface area contributed by atoms with Gasteiger partial charge in [0.2, 0.25) is 0 Å². The highest BCUT2D eigenvalue weighted by Crippen LogP contribution is 2.09. The summed E-state index contributed by atoms with van der Waals surface area (Å²) in [6.45, 7) is 5.70. The summed E-state index contributed by atoms with van der Waals surface area (Å²) in [5.74, 6) is 2.67. The first-order chi connectivity index (χ1) is 5.83. The predicted molar refractivity (Wildman–Crippen MR) is 52.9 cm³/mol. The Kier molecular flexibility index (Phi) is 3.90. The van der Waals surface area contributed by atoms with E-state index >= 15 is 0 Å². The molecule has 1 heterocycles. The smallest absolute Gasteiger partial charge is 0.0165 e. The zero-order valence-electron chi connectivity index (χ0n) is 7.84. The Morgan fingerprint density at radius 2 is 2.50 bits per heavy atom. The summed E-state index contributed by atoms with van der Waals surface area (Å²) in [4.78, 5) is 2.46. The molecule has 0 atom stereocenters. The number of unbranched alkanes of at least 4 members (excludes halogenated alkanes) is 1. The second-order valence-electron chi connectivity index (χ2n) is 3.41. The summed E-state index contributed by atoms with van der Waals surface area (Å²) in [5, 5.41) is 0. The van der Waals surface area contributed by atoms with Crippen LogP contribution in [0, 0.1) is 12.3 Å². The van der Waals surface area contributed by atoms with Gasteiger partial charge in [0.15, 0.2) is 0 Å². The molecule has 0 aliphatic carbocycles. The minimum atomic E-state index is 0.916. The number of hydrogen-bond donors (Lipinski definition) is 0. The quantitative estimate of drug-likeness (QED) is 0.350. The van der Waals surface area contributed by atoms with Gasteiger partial charge in [0.05, 0.1) is 0 Å². The molecule has 1 aliphatic rings. The highest BCUT2D eigenvalue weighted by Gasteiger charge is 2.07. The van der Waals surface area contributed by atoms with Crippen molar-refractivity contribution in [3.63, 3.8) is 0 Å². The fourth-order valence-corrected chi connectivity index (χ4v) is 1.42. The summed E-state index contributed by atoms with van der Waals surface area (Å²) >= 11 is 0. The van der Waals surface area contributed by atoms with Gasteiger partial charge < -0.3 is 0 Å². The third-order valence-electron chi connectivity index (χ3n) is 2.32. The van der Waals surface area contributed by atoms with Crippen LogP contribution in [0.1, 0.15) is 26.2 Å². The first-order valence-electron chi connectivity index (χ1n) is 4.64. The van der Waals surface area contributed by atoms with Crippen LogP contribution in [0.25, 0.3) is 0 Å². The van der Waals surface area contributed by atoms with Crippen molar-refractivity contribution in [3.8, 4) is 12.3 Å². The van der Waals surface area contributed by atoms with Crippen molar-refractivity contribution in [2.75, 3.05) is 19.6 Å². The minimum absolute atomic E-state index is 0.916. The van der Waals surface area contributed by atoms with Gasteiger partial charge in [-0.25, -0.2) is 0 Å². The third kappa shape index (κ3) is 3.11. The SMILES string of the molecule is C#CCCCN1CC=C(C)CC1. The number of rotatable bonds is 3. The van der Waals surface area contributed by atoms with Crippen LogP contribution in [0.15, 0.2) is 11.6 Å². The summed E-state index contributed by atoms with van der Waals surface area (Å²) < 4.78 is 0. The van der Waals surface area contributed by atoms with E-state index in [1.54, 1.807) is 0 Å². The minimum Gasteiger partial charge on any atom is -0.299 e. The lowest BCUT2D eigenvalue weighted by Crippen LogP contribution is -2.29. The van der Waals surface area contributed by atoms with E-state index in [-0.39, 0.29) is 0 Å². The van der Waals surface area contributed by atoms with Gasteiger partial charge >= 0.3 is 0 Å². The molecule has 0 aromatic carbocycles. The molecule has 0 fully saturated rings. The Morgan fingerprint density at radius 1 is 1.67 bits per heavy atom. The van der Waals surface area contributed by atoms with E-state index in [1.165, 1.54) is 18.5 Å². The average molecular weight is 163 g/mol. The molecule has 0 aromatic heterocycles. The lowest BCUT2D eigenvalue weighted by Gasteiger charge is -2.24. The van der Waals surface area contributed by atoms with Crippen LogP contribution in [0.4, 0.5) is 0 Å². The largest absolute Gasteiger partial charge is 0.299 e. The molecule has 0 aromatic rings. The highest BCUT2D eigenvalue weighted by atomic mass is 15.1. The van der Waals surface area contributed by atoms with Crippen LogP contribution in [-0.4, -0.2) is 24.5 Å². The van der Waals surface area contributed by atoms with E-state index in [0.29, 0.717) is 0 Å². The maximum absolute atomic E-state index is 5.19. The molecule has 1 nitrogen and oxygen atoms in total. The summed E-state index contributed by atoms with van der Waals surface area (Å²) in [6.07, 6.45) is 10.8. The molecular formula is C11H17N. The second kappa shape index (κ2) is 5.00. The van der Waals surface area contributed by atoms with Crippen molar-refractivity contribution in [3.05, 3.63) is 11.6 Å². The van der Waals surface area contributed by atoms with Crippen LogP contribution in [-0.2, 0) is 0 Å². The maximum Gasteiger partial charge on any atom is 0.0165 e. The van der Waals surface area contributed by atoms with Crippen molar-refractivity contribution in [2.45, 2.75) is 26.2 Å². The molecule has 1 aliphatic heterocycles. The number of nitrogens with zero attached hydrogens (tertiary/aromatic N) is 1. The van der Waals surface area contributed by atoms with Crippen molar-refractivity contribution in [1.82, 2.24) is 4.90 Å². The molecule has 0 radical (unpaired) electrons. The predicted octanol–water partition coefficient (Wildman–Crippen LogP) is 2.05. The Hall–Kier alpha value is -0.740. The third-order valence-corrected chi connectivity index (χ3v) is 2.32. The first kappa shape index (κ1) is 9.35. The van der Waals surface area contributed by atoms with Gasteiger partial charge in [-0.2, -0.15) is 0 Å². The fraction of sp³-hybridized carbons (Fsp3) is 0.636.